The van der Waals surface area contributed by atoms with Crippen LogP contribution in [0.4, 0.5) is 0 Å². The summed E-state index contributed by atoms with van der Waals surface area (Å²) in [6.45, 7) is 2.19. The molecule has 2 aliphatic rings. The van der Waals surface area contributed by atoms with Crippen LogP contribution in [0, 0.1) is 17.8 Å². The van der Waals surface area contributed by atoms with Gasteiger partial charge in [0, 0.05) is 16.2 Å². The van der Waals surface area contributed by atoms with Crippen LogP contribution in [0.2, 0.25) is 0 Å². The predicted octanol–water partition coefficient (Wildman–Crippen LogP) is 3.26. The van der Waals surface area contributed by atoms with Gasteiger partial charge in [0.15, 0.2) is 0 Å². The van der Waals surface area contributed by atoms with Crippen LogP contribution in [-0.2, 0) is 12.8 Å². The van der Waals surface area contributed by atoms with Gasteiger partial charge in [-0.15, -0.1) is 11.3 Å². The van der Waals surface area contributed by atoms with Gasteiger partial charge in [0.2, 0.25) is 0 Å². The van der Waals surface area contributed by atoms with E-state index in [9.17, 15) is 5.11 Å². The molecule has 0 radical (unpaired) electrons. The molecule has 0 bridgehead atoms. The van der Waals surface area contributed by atoms with Crippen molar-refractivity contribution in [2.45, 2.75) is 45.1 Å². The lowest BCUT2D eigenvalue weighted by Gasteiger charge is -2.11. The fourth-order valence-electron chi connectivity index (χ4n) is 3.51. The first-order chi connectivity index (χ1) is 7.79. The summed E-state index contributed by atoms with van der Waals surface area (Å²) in [6, 6.07) is 4.41. The molecule has 1 aromatic rings. The Kier molecular flexibility index (Phi) is 2.80. The Morgan fingerprint density at radius 2 is 2.00 bits per heavy atom. The first-order valence-electron chi connectivity index (χ1n) is 6.55. The summed E-state index contributed by atoms with van der Waals surface area (Å²) >= 11 is 1.87. The van der Waals surface area contributed by atoms with Crippen molar-refractivity contribution in [1.82, 2.24) is 0 Å². The van der Waals surface area contributed by atoms with Gasteiger partial charge in [0.1, 0.15) is 0 Å². The van der Waals surface area contributed by atoms with E-state index in [4.69, 9.17) is 0 Å². The Balaban J connectivity index is 1.58. The van der Waals surface area contributed by atoms with Gasteiger partial charge in [-0.3, -0.25) is 0 Å². The number of aryl methyl sites for hydroxylation is 1. The summed E-state index contributed by atoms with van der Waals surface area (Å²) in [5, 5.41) is 10.2. The van der Waals surface area contributed by atoms with Gasteiger partial charge in [0.05, 0.1) is 6.10 Å². The van der Waals surface area contributed by atoms with E-state index >= 15 is 0 Å². The van der Waals surface area contributed by atoms with Crippen LogP contribution in [0.15, 0.2) is 12.1 Å². The maximum absolute atomic E-state index is 10.2. The highest BCUT2D eigenvalue weighted by Gasteiger charge is 2.55. The molecule has 3 atom stereocenters. The smallest absolute Gasteiger partial charge is 0.0622 e. The van der Waals surface area contributed by atoms with Crippen molar-refractivity contribution >= 4 is 11.3 Å². The third kappa shape index (κ3) is 1.82. The van der Waals surface area contributed by atoms with Crippen molar-refractivity contribution in [3.8, 4) is 0 Å². The predicted molar refractivity (Wildman–Crippen MR) is 67.7 cm³/mol. The first-order valence-corrected chi connectivity index (χ1v) is 7.37. The normalized spacial score (nSPS) is 33.8. The molecule has 0 saturated heterocycles. The summed E-state index contributed by atoms with van der Waals surface area (Å²) in [7, 11) is 0. The lowest BCUT2D eigenvalue weighted by atomic mass is 10.0. The summed E-state index contributed by atoms with van der Waals surface area (Å²) in [4.78, 5) is 2.81. The largest absolute Gasteiger partial charge is 0.392 e. The monoisotopic (exact) mass is 236 g/mol. The van der Waals surface area contributed by atoms with E-state index < -0.39 is 0 Å². The Labute approximate surface area is 102 Å². The van der Waals surface area contributed by atoms with E-state index in [1.807, 2.05) is 11.3 Å². The van der Waals surface area contributed by atoms with Crippen molar-refractivity contribution in [3.63, 3.8) is 0 Å². The van der Waals surface area contributed by atoms with Crippen LogP contribution < -0.4 is 0 Å². The Morgan fingerprint density at radius 3 is 2.62 bits per heavy atom. The van der Waals surface area contributed by atoms with E-state index in [2.05, 4.69) is 19.1 Å². The van der Waals surface area contributed by atoms with Crippen LogP contribution >= 0.6 is 11.3 Å². The number of thiophene rings is 1. The molecule has 0 amide bonds. The average Bonchev–Trinajstić information content (AvgIpc) is 2.72. The maximum atomic E-state index is 10.2. The third-order valence-electron chi connectivity index (χ3n) is 4.39. The SMILES string of the molecule is CCc1ccc(CC(O)C2C3CCCC32)s1. The van der Waals surface area contributed by atoms with Crippen LogP contribution in [-0.4, -0.2) is 11.2 Å². The summed E-state index contributed by atoms with van der Waals surface area (Å²) in [5.41, 5.74) is 0. The van der Waals surface area contributed by atoms with E-state index in [0.29, 0.717) is 5.92 Å². The number of aliphatic hydroxyl groups excluding tert-OH is 1. The number of fused-ring (bicyclic) bond motifs is 1. The second-order valence-electron chi connectivity index (χ2n) is 5.33. The molecular weight excluding hydrogens is 216 g/mol. The Morgan fingerprint density at radius 1 is 1.31 bits per heavy atom. The van der Waals surface area contributed by atoms with Crippen molar-refractivity contribution in [2.75, 3.05) is 0 Å². The fraction of sp³-hybridized carbons (Fsp3) is 0.714. The molecule has 88 valence electrons. The molecule has 0 aliphatic heterocycles. The zero-order valence-corrected chi connectivity index (χ0v) is 10.7. The van der Waals surface area contributed by atoms with E-state index in [0.717, 1.165) is 24.7 Å². The summed E-state index contributed by atoms with van der Waals surface area (Å²) in [6.07, 6.45) is 6.09. The minimum atomic E-state index is -0.0707. The van der Waals surface area contributed by atoms with Gasteiger partial charge in [-0.2, -0.15) is 0 Å². The minimum absolute atomic E-state index is 0.0707. The zero-order valence-electron chi connectivity index (χ0n) is 9.86. The molecule has 1 aromatic heterocycles. The average molecular weight is 236 g/mol. The van der Waals surface area contributed by atoms with Crippen molar-refractivity contribution in [2.24, 2.45) is 17.8 Å². The number of rotatable bonds is 4. The highest BCUT2D eigenvalue weighted by Crippen LogP contribution is 2.59. The molecule has 3 unspecified atom stereocenters. The number of hydrogen-bond donors (Lipinski definition) is 1. The van der Waals surface area contributed by atoms with Crippen molar-refractivity contribution in [3.05, 3.63) is 21.9 Å². The molecule has 1 N–H and O–H groups in total. The van der Waals surface area contributed by atoms with Gasteiger partial charge in [-0.05, 0) is 49.1 Å². The Bertz CT molecular complexity index is 361. The Hall–Kier alpha value is -0.340. The number of hydrogen-bond acceptors (Lipinski definition) is 2. The van der Waals surface area contributed by atoms with Crippen molar-refractivity contribution < 1.29 is 5.11 Å². The van der Waals surface area contributed by atoms with Gasteiger partial charge in [-0.1, -0.05) is 13.3 Å². The molecule has 0 aromatic carbocycles. The maximum Gasteiger partial charge on any atom is 0.0622 e. The summed E-state index contributed by atoms with van der Waals surface area (Å²) < 4.78 is 0. The van der Waals surface area contributed by atoms with Gasteiger partial charge >= 0.3 is 0 Å². The third-order valence-corrected chi connectivity index (χ3v) is 5.65. The molecule has 3 rings (SSSR count). The van der Waals surface area contributed by atoms with E-state index in [1.54, 1.807) is 0 Å². The topological polar surface area (TPSA) is 20.2 Å². The molecule has 2 aliphatic carbocycles. The molecule has 2 saturated carbocycles. The van der Waals surface area contributed by atoms with Crippen LogP contribution in [0.3, 0.4) is 0 Å². The van der Waals surface area contributed by atoms with Gasteiger partial charge < -0.3 is 5.11 Å². The van der Waals surface area contributed by atoms with E-state index in [1.165, 1.54) is 29.0 Å². The van der Waals surface area contributed by atoms with Crippen LogP contribution in [0.1, 0.15) is 35.9 Å². The highest BCUT2D eigenvalue weighted by molar-refractivity contribution is 7.11. The second kappa shape index (κ2) is 4.15. The molecule has 1 nitrogen and oxygen atoms in total. The molecule has 0 spiro atoms. The lowest BCUT2D eigenvalue weighted by Crippen LogP contribution is -2.15. The summed E-state index contributed by atoms with van der Waals surface area (Å²) in [5.74, 6) is 2.39. The second-order valence-corrected chi connectivity index (χ2v) is 6.58. The quantitative estimate of drug-likeness (QED) is 0.850. The first kappa shape index (κ1) is 10.8. The zero-order chi connectivity index (χ0) is 11.1. The van der Waals surface area contributed by atoms with Gasteiger partial charge in [0.25, 0.3) is 0 Å². The minimum Gasteiger partial charge on any atom is -0.392 e. The van der Waals surface area contributed by atoms with Crippen molar-refractivity contribution in [1.29, 1.82) is 0 Å². The lowest BCUT2D eigenvalue weighted by molar-refractivity contribution is 0.136. The fourth-order valence-corrected chi connectivity index (χ4v) is 4.52. The van der Waals surface area contributed by atoms with Gasteiger partial charge in [-0.25, -0.2) is 0 Å². The molecule has 1 heterocycles. The standard InChI is InChI=1S/C14H20OS/c1-2-9-6-7-10(16-9)8-13(15)14-11-4-3-5-12(11)14/h6-7,11-15H,2-5,8H2,1H3. The van der Waals surface area contributed by atoms with E-state index in [-0.39, 0.29) is 6.10 Å². The van der Waals surface area contributed by atoms with Crippen LogP contribution in [0.25, 0.3) is 0 Å². The molecular formula is C14H20OS. The highest BCUT2D eigenvalue weighted by atomic mass is 32.1. The molecule has 2 heteroatoms. The molecule has 2 fully saturated rings. The molecule has 16 heavy (non-hydrogen) atoms. The number of aliphatic hydroxyl groups is 1. The van der Waals surface area contributed by atoms with Crippen LogP contribution in [0.5, 0.6) is 0 Å².